The van der Waals surface area contributed by atoms with Crippen LogP contribution in [0.2, 0.25) is 0 Å². The molecule has 1 saturated carbocycles. The average Bonchev–Trinajstić information content (AvgIpc) is 2.17. The maximum Gasteiger partial charge on any atom is 0.100 e. The van der Waals surface area contributed by atoms with Crippen LogP contribution in [0.3, 0.4) is 0 Å². The Morgan fingerprint density at radius 3 is 2.67 bits per heavy atom. The van der Waals surface area contributed by atoms with E-state index in [2.05, 4.69) is 12.6 Å². The van der Waals surface area contributed by atoms with E-state index in [-0.39, 0.29) is 0 Å². The molecule has 0 N–H and O–H groups in total. The largest absolute Gasteiger partial charge is 0.247 e. The van der Waals surface area contributed by atoms with Crippen molar-refractivity contribution in [3.63, 3.8) is 0 Å². The summed E-state index contributed by atoms with van der Waals surface area (Å²) in [7, 11) is 0. The topological polar surface area (TPSA) is 0 Å². The summed E-state index contributed by atoms with van der Waals surface area (Å²) < 4.78 is 12.5. The Hall–Kier alpha value is 0.280. The van der Waals surface area contributed by atoms with Gasteiger partial charge in [0.05, 0.1) is 0 Å². The number of thiol groups is 1. The lowest BCUT2D eigenvalue weighted by Crippen LogP contribution is -1.96. The summed E-state index contributed by atoms with van der Waals surface area (Å²) in [6, 6.07) is 0. The van der Waals surface area contributed by atoms with Crippen LogP contribution in [-0.4, -0.2) is 11.9 Å². The number of alkyl halides is 1. The zero-order valence-electron chi connectivity index (χ0n) is 5.52. The third-order valence-electron chi connectivity index (χ3n) is 2.01. The summed E-state index contributed by atoms with van der Waals surface area (Å²) in [5.74, 6) is 1.55. The second kappa shape index (κ2) is 3.45. The summed E-state index contributed by atoms with van der Waals surface area (Å²) in [4.78, 5) is 0. The Kier molecular flexibility index (Phi) is 2.83. The molecule has 0 saturated heterocycles. The molecule has 0 aromatic carbocycles. The predicted octanol–water partition coefficient (Wildman–Crippen LogP) is 2.44. The standard InChI is InChI=1S/C7H13FS/c8-7-2-1-6(5-7)3-4-9/h6-7,9H,1-5H2. The van der Waals surface area contributed by atoms with Crippen molar-refractivity contribution in [2.24, 2.45) is 5.92 Å². The van der Waals surface area contributed by atoms with E-state index in [9.17, 15) is 4.39 Å². The summed E-state index contributed by atoms with van der Waals surface area (Å²) in [5, 5.41) is 0. The molecule has 0 nitrogen and oxygen atoms in total. The number of halogens is 1. The highest BCUT2D eigenvalue weighted by Gasteiger charge is 2.22. The smallest absolute Gasteiger partial charge is 0.100 e. The molecule has 0 bridgehead atoms. The van der Waals surface area contributed by atoms with E-state index in [0.717, 1.165) is 31.4 Å². The van der Waals surface area contributed by atoms with Crippen molar-refractivity contribution in [3.05, 3.63) is 0 Å². The van der Waals surface area contributed by atoms with Crippen LogP contribution in [0, 0.1) is 5.92 Å². The Morgan fingerprint density at radius 1 is 1.44 bits per heavy atom. The van der Waals surface area contributed by atoms with E-state index in [1.54, 1.807) is 0 Å². The minimum Gasteiger partial charge on any atom is -0.247 e. The third kappa shape index (κ3) is 2.17. The second-order valence-electron chi connectivity index (χ2n) is 2.79. The van der Waals surface area contributed by atoms with Gasteiger partial charge in [0.1, 0.15) is 6.17 Å². The second-order valence-corrected chi connectivity index (χ2v) is 3.24. The van der Waals surface area contributed by atoms with Crippen molar-refractivity contribution >= 4 is 12.6 Å². The Morgan fingerprint density at radius 2 is 2.22 bits per heavy atom. The highest BCUT2D eigenvalue weighted by Crippen LogP contribution is 2.30. The van der Waals surface area contributed by atoms with Gasteiger partial charge >= 0.3 is 0 Å². The van der Waals surface area contributed by atoms with Gasteiger partial charge in [-0.05, 0) is 37.4 Å². The molecule has 9 heavy (non-hydrogen) atoms. The lowest BCUT2D eigenvalue weighted by Gasteiger charge is -2.03. The van der Waals surface area contributed by atoms with Gasteiger partial charge in [-0.1, -0.05) is 0 Å². The molecule has 1 fully saturated rings. The molecule has 0 spiro atoms. The first kappa shape index (κ1) is 7.39. The van der Waals surface area contributed by atoms with E-state index in [1.807, 2.05) is 0 Å². The van der Waals surface area contributed by atoms with Gasteiger partial charge in [0.15, 0.2) is 0 Å². The van der Waals surface area contributed by atoms with Crippen molar-refractivity contribution in [1.29, 1.82) is 0 Å². The fourth-order valence-corrected chi connectivity index (χ4v) is 1.82. The van der Waals surface area contributed by atoms with E-state index in [0.29, 0.717) is 5.92 Å². The van der Waals surface area contributed by atoms with Crippen LogP contribution in [0.5, 0.6) is 0 Å². The average molecular weight is 148 g/mol. The molecule has 54 valence electrons. The first-order valence-electron chi connectivity index (χ1n) is 3.58. The van der Waals surface area contributed by atoms with Gasteiger partial charge in [-0.3, -0.25) is 0 Å². The molecule has 1 aliphatic rings. The van der Waals surface area contributed by atoms with Crippen molar-refractivity contribution in [2.75, 3.05) is 5.75 Å². The first-order valence-corrected chi connectivity index (χ1v) is 4.21. The van der Waals surface area contributed by atoms with Crippen LogP contribution in [0.25, 0.3) is 0 Å². The quantitative estimate of drug-likeness (QED) is 0.571. The number of hydrogen-bond donors (Lipinski definition) is 1. The van der Waals surface area contributed by atoms with Crippen LogP contribution >= 0.6 is 12.6 Å². The van der Waals surface area contributed by atoms with Gasteiger partial charge in [0, 0.05) is 0 Å². The maximum atomic E-state index is 12.5. The van der Waals surface area contributed by atoms with Crippen molar-refractivity contribution in [1.82, 2.24) is 0 Å². The number of rotatable bonds is 2. The predicted molar refractivity (Wildman–Crippen MR) is 40.7 cm³/mol. The van der Waals surface area contributed by atoms with Gasteiger partial charge < -0.3 is 0 Å². The maximum absolute atomic E-state index is 12.5. The third-order valence-corrected chi connectivity index (χ3v) is 2.27. The summed E-state index contributed by atoms with van der Waals surface area (Å²) >= 11 is 4.10. The number of hydrogen-bond acceptors (Lipinski definition) is 1. The monoisotopic (exact) mass is 148 g/mol. The molecule has 2 heteroatoms. The van der Waals surface area contributed by atoms with E-state index in [1.165, 1.54) is 0 Å². The highest BCUT2D eigenvalue weighted by molar-refractivity contribution is 7.80. The summed E-state index contributed by atoms with van der Waals surface area (Å²) in [5.41, 5.74) is 0. The SMILES string of the molecule is FC1CCC(CCS)C1. The molecule has 0 aromatic rings. The Balaban J connectivity index is 2.14. The van der Waals surface area contributed by atoms with E-state index < -0.39 is 6.17 Å². The van der Waals surface area contributed by atoms with Crippen LogP contribution in [-0.2, 0) is 0 Å². The van der Waals surface area contributed by atoms with Gasteiger partial charge in [0.2, 0.25) is 0 Å². The van der Waals surface area contributed by atoms with Gasteiger partial charge in [-0.25, -0.2) is 4.39 Å². The summed E-state index contributed by atoms with van der Waals surface area (Å²) in [6.07, 6.45) is 3.26. The zero-order valence-corrected chi connectivity index (χ0v) is 6.41. The van der Waals surface area contributed by atoms with Gasteiger partial charge in [-0.2, -0.15) is 12.6 Å². The lowest BCUT2D eigenvalue weighted by atomic mass is 10.1. The molecule has 0 heterocycles. The van der Waals surface area contributed by atoms with E-state index in [4.69, 9.17) is 0 Å². The normalized spacial score (nSPS) is 35.3. The minimum absolute atomic E-state index is 0.505. The lowest BCUT2D eigenvalue weighted by molar-refractivity contribution is 0.330. The molecule has 0 aliphatic heterocycles. The Bertz CT molecular complexity index is 83.0. The molecular weight excluding hydrogens is 135 g/mol. The molecule has 0 aromatic heterocycles. The first-order chi connectivity index (χ1) is 4.33. The molecule has 1 aliphatic carbocycles. The fourth-order valence-electron chi connectivity index (χ4n) is 1.46. The molecule has 2 atom stereocenters. The molecule has 0 amide bonds. The highest BCUT2D eigenvalue weighted by atomic mass is 32.1. The van der Waals surface area contributed by atoms with Crippen LogP contribution in [0.4, 0.5) is 4.39 Å². The molecule has 2 unspecified atom stereocenters. The molecular formula is C7H13FS. The van der Waals surface area contributed by atoms with Crippen molar-refractivity contribution in [3.8, 4) is 0 Å². The van der Waals surface area contributed by atoms with Crippen LogP contribution < -0.4 is 0 Å². The van der Waals surface area contributed by atoms with Crippen molar-refractivity contribution in [2.45, 2.75) is 31.9 Å². The molecule has 1 rings (SSSR count). The van der Waals surface area contributed by atoms with Gasteiger partial charge in [-0.15, -0.1) is 0 Å². The summed E-state index contributed by atoms with van der Waals surface area (Å²) in [6.45, 7) is 0. The van der Waals surface area contributed by atoms with Crippen molar-refractivity contribution < 1.29 is 4.39 Å². The van der Waals surface area contributed by atoms with E-state index >= 15 is 0 Å². The minimum atomic E-state index is -0.505. The van der Waals surface area contributed by atoms with Crippen LogP contribution in [0.15, 0.2) is 0 Å². The zero-order chi connectivity index (χ0) is 6.69. The van der Waals surface area contributed by atoms with Gasteiger partial charge in [0.25, 0.3) is 0 Å². The Labute approximate surface area is 61.2 Å². The fraction of sp³-hybridized carbons (Fsp3) is 1.00. The van der Waals surface area contributed by atoms with Crippen LogP contribution in [0.1, 0.15) is 25.7 Å². The molecule has 0 radical (unpaired) electrons.